The molecule has 0 heterocycles. The Labute approximate surface area is 186 Å². The van der Waals surface area contributed by atoms with Crippen LogP contribution in [0.4, 0.5) is 0 Å². The summed E-state index contributed by atoms with van der Waals surface area (Å²) in [4.78, 5) is 13.4. The highest BCUT2D eigenvalue weighted by Gasteiger charge is 2.65. The van der Waals surface area contributed by atoms with Crippen molar-refractivity contribution >= 4 is 5.78 Å². The van der Waals surface area contributed by atoms with E-state index in [4.69, 9.17) is 0 Å². The van der Waals surface area contributed by atoms with E-state index in [9.17, 15) is 15.0 Å². The van der Waals surface area contributed by atoms with Crippen LogP contribution in [-0.4, -0.2) is 16.0 Å². The first-order valence-corrected chi connectivity index (χ1v) is 11.9. The number of fused-ring (bicyclic) bond motifs is 7. The Morgan fingerprint density at radius 2 is 1.74 bits per heavy atom. The number of benzene rings is 1. The SMILES string of the molecule is C=C1CC[C@]2(C)CC[C@]3(C)C4=CC(=O)c5c(cc(O)c(O)c5C)[C@]4(C)CC[C@@]3(C)[C@@H]2C1. The van der Waals surface area contributed by atoms with Crippen LogP contribution in [0.15, 0.2) is 29.9 Å². The second-order valence-corrected chi connectivity index (χ2v) is 12.0. The summed E-state index contributed by atoms with van der Waals surface area (Å²) in [6.07, 6.45) is 9.71. The number of carbonyl (C=O) groups excluding carboxylic acids is 1. The standard InChI is InChI=1S/C28H36O3/c1-16-7-8-25(3)9-11-28(6)22-15-19(29)23-17(2)24(31)20(30)14-18(23)26(22,4)10-12-27(28,5)21(25)13-16/h14-15,21,30-31H,1,7-13H2,2-6H3/t21-,25-,26+,27+,28-/m1/s1. The van der Waals surface area contributed by atoms with Crippen LogP contribution in [-0.2, 0) is 5.41 Å². The summed E-state index contributed by atoms with van der Waals surface area (Å²) in [7, 11) is 0. The number of allylic oxidation sites excluding steroid dienone is 3. The molecule has 1 aromatic carbocycles. The van der Waals surface area contributed by atoms with E-state index in [0.29, 0.717) is 22.5 Å². The molecule has 3 fully saturated rings. The van der Waals surface area contributed by atoms with Crippen LogP contribution in [0.5, 0.6) is 11.5 Å². The van der Waals surface area contributed by atoms with Crippen LogP contribution in [0.1, 0.15) is 94.1 Å². The van der Waals surface area contributed by atoms with Gasteiger partial charge < -0.3 is 10.2 Å². The summed E-state index contributed by atoms with van der Waals surface area (Å²) < 4.78 is 0. The number of phenolic OH excluding ortho intramolecular Hbond substituents is 2. The Bertz CT molecular complexity index is 1060. The van der Waals surface area contributed by atoms with E-state index in [-0.39, 0.29) is 33.5 Å². The fourth-order valence-corrected chi connectivity index (χ4v) is 8.26. The number of hydrogen-bond donors (Lipinski definition) is 2. The molecule has 0 radical (unpaired) electrons. The summed E-state index contributed by atoms with van der Waals surface area (Å²) in [5, 5.41) is 20.7. The minimum absolute atomic E-state index is 0.0258. The van der Waals surface area contributed by atoms with Gasteiger partial charge in [-0.25, -0.2) is 0 Å². The minimum Gasteiger partial charge on any atom is -0.504 e. The van der Waals surface area contributed by atoms with Crippen LogP contribution in [0.2, 0.25) is 0 Å². The average Bonchev–Trinajstić information content (AvgIpc) is 2.71. The molecule has 2 N–H and O–H groups in total. The topological polar surface area (TPSA) is 57.5 Å². The van der Waals surface area contributed by atoms with Gasteiger partial charge in [0, 0.05) is 16.5 Å². The molecule has 166 valence electrons. The van der Waals surface area contributed by atoms with Gasteiger partial charge in [0.05, 0.1) is 0 Å². The van der Waals surface area contributed by atoms with Gasteiger partial charge in [-0.15, -0.1) is 0 Å². The van der Waals surface area contributed by atoms with Crippen LogP contribution in [0.3, 0.4) is 0 Å². The molecule has 0 unspecified atom stereocenters. The van der Waals surface area contributed by atoms with Crippen molar-refractivity contribution in [1.29, 1.82) is 0 Å². The lowest BCUT2D eigenvalue weighted by atomic mass is 9.35. The number of carbonyl (C=O) groups is 1. The maximum atomic E-state index is 13.4. The Morgan fingerprint density at radius 1 is 1.03 bits per heavy atom. The van der Waals surface area contributed by atoms with Gasteiger partial charge in [0.15, 0.2) is 17.3 Å². The summed E-state index contributed by atoms with van der Waals surface area (Å²) >= 11 is 0. The summed E-state index contributed by atoms with van der Waals surface area (Å²) in [5.41, 5.74) is 4.69. The molecule has 5 atom stereocenters. The third-order valence-electron chi connectivity index (χ3n) is 10.6. The molecule has 5 rings (SSSR count). The zero-order valence-electron chi connectivity index (χ0n) is 19.7. The number of hydrogen-bond acceptors (Lipinski definition) is 3. The van der Waals surface area contributed by atoms with E-state index >= 15 is 0 Å². The number of rotatable bonds is 0. The predicted molar refractivity (Wildman–Crippen MR) is 124 cm³/mol. The van der Waals surface area contributed by atoms with E-state index < -0.39 is 0 Å². The lowest BCUT2D eigenvalue weighted by molar-refractivity contribution is -0.129. The number of phenols is 2. The zero-order valence-corrected chi connectivity index (χ0v) is 19.7. The highest BCUT2D eigenvalue weighted by atomic mass is 16.3. The molecule has 31 heavy (non-hydrogen) atoms. The van der Waals surface area contributed by atoms with Crippen molar-refractivity contribution < 1.29 is 15.0 Å². The van der Waals surface area contributed by atoms with Gasteiger partial charge in [0.2, 0.25) is 0 Å². The van der Waals surface area contributed by atoms with Gasteiger partial charge in [0.1, 0.15) is 0 Å². The third-order valence-corrected chi connectivity index (χ3v) is 10.6. The van der Waals surface area contributed by atoms with Crippen LogP contribution in [0.25, 0.3) is 0 Å². The summed E-state index contributed by atoms with van der Waals surface area (Å²) in [6, 6.07) is 1.66. The van der Waals surface area contributed by atoms with Gasteiger partial charge >= 0.3 is 0 Å². The van der Waals surface area contributed by atoms with E-state index in [0.717, 1.165) is 37.7 Å². The third kappa shape index (κ3) is 2.38. The monoisotopic (exact) mass is 420 g/mol. The Morgan fingerprint density at radius 3 is 2.45 bits per heavy atom. The molecular weight excluding hydrogens is 384 g/mol. The van der Waals surface area contributed by atoms with Gasteiger partial charge in [0.25, 0.3) is 0 Å². The fourth-order valence-electron chi connectivity index (χ4n) is 8.26. The first-order chi connectivity index (χ1) is 14.4. The Balaban J connectivity index is 1.70. The summed E-state index contributed by atoms with van der Waals surface area (Å²) in [6.45, 7) is 15.7. The first-order valence-electron chi connectivity index (χ1n) is 11.9. The Kier molecular flexibility index (Phi) is 4.07. The van der Waals surface area contributed by atoms with Gasteiger partial charge in [-0.1, -0.05) is 39.8 Å². The normalized spacial score (nSPS) is 41.6. The largest absolute Gasteiger partial charge is 0.504 e. The van der Waals surface area contributed by atoms with Crippen molar-refractivity contribution in [2.75, 3.05) is 0 Å². The van der Waals surface area contributed by atoms with E-state index in [1.807, 2.05) is 6.08 Å². The lowest BCUT2D eigenvalue weighted by Gasteiger charge is -2.68. The van der Waals surface area contributed by atoms with Crippen molar-refractivity contribution in [1.82, 2.24) is 0 Å². The summed E-state index contributed by atoms with van der Waals surface area (Å²) in [5.74, 6) is 0.261. The molecule has 3 saturated carbocycles. The molecule has 0 spiro atoms. The maximum absolute atomic E-state index is 13.4. The second-order valence-electron chi connectivity index (χ2n) is 12.0. The van der Waals surface area contributed by atoms with Gasteiger partial charge in [-0.05, 0) is 97.3 Å². The quantitative estimate of drug-likeness (QED) is 0.360. The lowest BCUT2D eigenvalue weighted by Crippen LogP contribution is -2.61. The maximum Gasteiger partial charge on any atom is 0.186 e. The van der Waals surface area contributed by atoms with Crippen molar-refractivity contribution in [3.05, 3.63) is 46.6 Å². The Hall–Kier alpha value is -2.03. The van der Waals surface area contributed by atoms with Crippen molar-refractivity contribution in [3.63, 3.8) is 0 Å². The van der Waals surface area contributed by atoms with Crippen LogP contribution in [0, 0.1) is 29.1 Å². The van der Waals surface area contributed by atoms with Crippen molar-refractivity contribution in [2.45, 2.75) is 85.0 Å². The van der Waals surface area contributed by atoms with Gasteiger partial charge in [-0.2, -0.15) is 0 Å². The molecule has 0 saturated heterocycles. The predicted octanol–water partition coefficient (Wildman–Crippen LogP) is 6.75. The first kappa shape index (κ1) is 20.8. The molecular formula is C28H36O3. The number of aromatic hydroxyl groups is 2. The molecule has 0 aromatic heterocycles. The van der Waals surface area contributed by atoms with E-state index in [1.54, 1.807) is 13.0 Å². The van der Waals surface area contributed by atoms with E-state index in [2.05, 4.69) is 34.3 Å². The average molecular weight is 421 g/mol. The highest BCUT2D eigenvalue weighted by molar-refractivity contribution is 6.10. The fraction of sp³-hybridized carbons (Fsp3) is 0.607. The molecule has 3 heteroatoms. The number of ketones is 1. The molecule has 4 aliphatic carbocycles. The smallest absolute Gasteiger partial charge is 0.186 e. The van der Waals surface area contributed by atoms with Gasteiger partial charge in [-0.3, -0.25) is 4.79 Å². The molecule has 0 amide bonds. The highest BCUT2D eigenvalue weighted by Crippen LogP contribution is 2.73. The zero-order chi connectivity index (χ0) is 22.6. The van der Waals surface area contributed by atoms with Crippen molar-refractivity contribution in [2.24, 2.45) is 22.2 Å². The molecule has 3 nitrogen and oxygen atoms in total. The second kappa shape index (κ2) is 6.05. The van der Waals surface area contributed by atoms with Crippen LogP contribution >= 0.6 is 0 Å². The molecule has 1 aromatic rings. The van der Waals surface area contributed by atoms with Crippen LogP contribution < -0.4 is 0 Å². The van der Waals surface area contributed by atoms with E-state index in [1.165, 1.54) is 24.0 Å². The molecule has 0 aliphatic heterocycles. The molecule has 0 bridgehead atoms. The minimum atomic E-state index is -0.299. The van der Waals surface area contributed by atoms with Crippen molar-refractivity contribution in [3.8, 4) is 11.5 Å². The molecule has 4 aliphatic rings.